The van der Waals surface area contributed by atoms with E-state index in [4.69, 9.17) is 9.90 Å². The van der Waals surface area contributed by atoms with Crippen molar-refractivity contribution in [3.8, 4) is 0 Å². The quantitative estimate of drug-likeness (QED) is 0.549. The van der Waals surface area contributed by atoms with Crippen molar-refractivity contribution < 1.29 is 19.5 Å². The van der Waals surface area contributed by atoms with Gasteiger partial charge in [0.15, 0.2) is 11.5 Å². The van der Waals surface area contributed by atoms with E-state index in [1.807, 2.05) is 34.9 Å². The number of amides is 2. The summed E-state index contributed by atoms with van der Waals surface area (Å²) in [4.78, 5) is 48.2. The zero-order valence-corrected chi connectivity index (χ0v) is 18.0. The van der Waals surface area contributed by atoms with Crippen LogP contribution in [0.5, 0.6) is 0 Å². The standard InChI is InChI=1S/C21H22N6O3.CH2O2/c1-13(28)25-11-14-9-15(12-25)20(27-16(14)5-4-7-19(27)29)21(30)22-10-18-24-23-17-6-2-3-8-26(17)18;2-1-3/h2-8,14-15,20H,9-12H2,1H3,(H,22,30);1H,(H,2,3)/t14-,15+,20-;/m1./s1. The summed E-state index contributed by atoms with van der Waals surface area (Å²) in [6.07, 6.45) is 2.62. The molecule has 172 valence electrons. The number of pyridine rings is 2. The second kappa shape index (κ2) is 9.23. The minimum absolute atomic E-state index is 0.00878. The molecular formula is C22H24N6O5. The molecule has 1 fully saturated rings. The van der Waals surface area contributed by atoms with Crippen molar-refractivity contribution in [2.24, 2.45) is 5.92 Å². The van der Waals surface area contributed by atoms with E-state index in [2.05, 4.69) is 15.5 Å². The molecule has 0 saturated carbocycles. The van der Waals surface area contributed by atoms with Crippen LogP contribution in [-0.4, -0.2) is 60.5 Å². The van der Waals surface area contributed by atoms with Crippen molar-refractivity contribution >= 4 is 23.9 Å². The lowest BCUT2D eigenvalue weighted by atomic mass is 9.78. The molecule has 5 rings (SSSR count). The topological polar surface area (TPSA) is 139 Å². The molecule has 0 unspecified atom stereocenters. The molecule has 2 bridgehead atoms. The fraction of sp³-hybridized carbons (Fsp3) is 0.364. The molecule has 3 aromatic heterocycles. The van der Waals surface area contributed by atoms with Gasteiger partial charge in [-0.05, 0) is 24.6 Å². The molecule has 0 radical (unpaired) electrons. The van der Waals surface area contributed by atoms with E-state index in [1.54, 1.807) is 22.5 Å². The smallest absolute Gasteiger partial charge is 0.290 e. The van der Waals surface area contributed by atoms with Crippen LogP contribution >= 0.6 is 0 Å². The molecular weight excluding hydrogens is 428 g/mol. The van der Waals surface area contributed by atoms with Gasteiger partial charge in [0.05, 0.1) is 6.54 Å². The number of fused-ring (bicyclic) bond motifs is 5. The average molecular weight is 452 g/mol. The zero-order valence-electron chi connectivity index (χ0n) is 18.0. The second-order valence-corrected chi connectivity index (χ2v) is 8.09. The molecule has 1 saturated heterocycles. The van der Waals surface area contributed by atoms with Crippen LogP contribution < -0.4 is 10.9 Å². The van der Waals surface area contributed by atoms with Gasteiger partial charge < -0.3 is 15.3 Å². The Bertz CT molecular complexity index is 1250. The Kier molecular flexibility index (Phi) is 6.20. The Morgan fingerprint density at radius 3 is 2.73 bits per heavy atom. The maximum atomic E-state index is 13.3. The molecule has 3 aromatic rings. The van der Waals surface area contributed by atoms with Gasteiger partial charge in [0.2, 0.25) is 11.8 Å². The third kappa shape index (κ3) is 4.21. The third-order valence-electron chi connectivity index (χ3n) is 6.17. The molecule has 0 spiro atoms. The van der Waals surface area contributed by atoms with E-state index in [1.165, 1.54) is 6.07 Å². The molecule has 11 nitrogen and oxygen atoms in total. The number of nitrogens with one attached hydrogen (secondary N) is 1. The highest BCUT2D eigenvalue weighted by Crippen LogP contribution is 2.41. The van der Waals surface area contributed by atoms with Crippen molar-refractivity contribution in [1.29, 1.82) is 0 Å². The van der Waals surface area contributed by atoms with Gasteiger partial charge in [0, 0.05) is 49.8 Å². The van der Waals surface area contributed by atoms with E-state index in [0.717, 1.165) is 12.1 Å². The number of piperidine rings is 1. The first kappa shape index (κ1) is 22.2. The summed E-state index contributed by atoms with van der Waals surface area (Å²) < 4.78 is 3.43. The van der Waals surface area contributed by atoms with Gasteiger partial charge in [-0.1, -0.05) is 12.1 Å². The van der Waals surface area contributed by atoms with Crippen molar-refractivity contribution in [2.75, 3.05) is 13.1 Å². The number of hydrogen-bond donors (Lipinski definition) is 2. The van der Waals surface area contributed by atoms with E-state index in [9.17, 15) is 14.4 Å². The van der Waals surface area contributed by atoms with Gasteiger partial charge in [-0.2, -0.15) is 0 Å². The minimum Gasteiger partial charge on any atom is -0.483 e. The largest absolute Gasteiger partial charge is 0.483 e. The second-order valence-electron chi connectivity index (χ2n) is 8.09. The van der Waals surface area contributed by atoms with Crippen LogP contribution in [0, 0.1) is 5.92 Å². The summed E-state index contributed by atoms with van der Waals surface area (Å²) >= 11 is 0. The van der Waals surface area contributed by atoms with Crippen LogP contribution in [0.15, 0.2) is 47.4 Å². The summed E-state index contributed by atoms with van der Waals surface area (Å²) in [7, 11) is 0. The Balaban J connectivity index is 0.000000821. The lowest BCUT2D eigenvalue weighted by molar-refractivity contribution is -0.135. The highest BCUT2D eigenvalue weighted by molar-refractivity contribution is 5.81. The fourth-order valence-electron chi connectivity index (χ4n) is 4.81. The van der Waals surface area contributed by atoms with Gasteiger partial charge in [-0.25, -0.2) is 0 Å². The van der Waals surface area contributed by atoms with Gasteiger partial charge in [0.1, 0.15) is 6.04 Å². The van der Waals surface area contributed by atoms with Gasteiger partial charge in [-0.3, -0.25) is 28.1 Å². The first-order chi connectivity index (χ1) is 15.9. The SMILES string of the molecule is CC(=O)N1C[C@H]2C[C@@H](C1)[C@H](C(=O)NCc1nnc3ccccn13)n1c2cccc1=O.O=CO. The number of nitrogens with zero attached hydrogens (tertiary/aromatic N) is 5. The Labute approximate surface area is 188 Å². The molecule has 5 heterocycles. The summed E-state index contributed by atoms with van der Waals surface area (Å²) in [5, 5.41) is 18.1. The lowest BCUT2D eigenvalue weighted by Crippen LogP contribution is -2.54. The van der Waals surface area contributed by atoms with E-state index in [-0.39, 0.29) is 42.2 Å². The number of rotatable bonds is 3. The summed E-state index contributed by atoms with van der Waals surface area (Å²) in [6, 6.07) is 10.0. The van der Waals surface area contributed by atoms with Crippen LogP contribution in [0.1, 0.15) is 36.8 Å². The number of carbonyl (C=O) groups is 3. The summed E-state index contributed by atoms with van der Waals surface area (Å²) in [5.41, 5.74) is 1.33. The fourth-order valence-corrected chi connectivity index (χ4v) is 4.81. The Morgan fingerprint density at radius 1 is 1.18 bits per heavy atom. The zero-order chi connectivity index (χ0) is 23.5. The number of carbonyl (C=O) groups excluding carboxylic acids is 2. The molecule has 0 aliphatic carbocycles. The predicted octanol–water partition coefficient (Wildman–Crippen LogP) is 0.415. The number of likely N-dealkylation sites (tertiary alicyclic amines) is 1. The molecule has 0 aromatic carbocycles. The van der Waals surface area contributed by atoms with Gasteiger partial charge >= 0.3 is 0 Å². The molecule has 33 heavy (non-hydrogen) atoms. The minimum atomic E-state index is -0.661. The predicted molar refractivity (Wildman–Crippen MR) is 116 cm³/mol. The van der Waals surface area contributed by atoms with Crippen LogP contribution in [-0.2, 0) is 20.9 Å². The summed E-state index contributed by atoms with van der Waals surface area (Å²) in [5.74, 6) is 0.306. The van der Waals surface area contributed by atoms with Gasteiger partial charge in [-0.15, -0.1) is 10.2 Å². The highest BCUT2D eigenvalue weighted by Gasteiger charge is 2.44. The van der Waals surface area contributed by atoms with Crippen LogP contribution in [0.25, 0.3) is 5.65 Å². The third-order valence-corrected chi connectivity index (χ3v) is 6.17. The van der Waals surface area contributed by atoms with E-state index < -0.39 is 6.04 Å². The first-order valence-electron chi connectivity index (χ1n) is 10.6. The number of aromatic nitrogens is 4. The van der Waals surface area contributed by atoms with Crippen LogP contribution in [0.2, 0.25) is 0 Å². The molecule has 2 amide bonds. The monoisotopic (exact) mass is 452 g/mol. The van der Waals surface area contributed by atoms with E-state index >= 15 is 0 Å². The van der Waals surface area contributed by atoms with Gasteiger partial charge in [0.25, 0.3) is 12.0 Å². The van der Waals surface area contributed by atoms with Crippen LogP contribution in [0.3, 0.4) is 0 Å². The van der Waals surface area contributed by atoms with E-state index in [0.29, 0.717) is 24.6 Å². The van der Waals surface area contributed by atoms with Crippen molar-refractivity contribution in [3.63, 3.8) is 0 Å². The maximum Gasteiger partial charge on any atom is 0.290 e. The molecule has 2 aliphatic rings. The molecule has 11 heteroatoms. The molecule has 2 aliphatic heterocycles. The van der Waals surface area contributed by atoms with Crippen molar-refractivity contribution in [2.45, 2.75) is 31.8 Å². The van der Waals surface area contributed by atoms with Crippen molar-refractivity contribution in [3.05, 3.63) is 64.5 Å². The molecule has 3 atom stereocenters. The van der Waals surface area contributed by atoms with Crippen molar-refractivity contribution in [1.82, 2.24) is 29.4 Å². The normalized spacial score (nSPS) is 20.9. The summed E-state index contributed by atoms with van der Waals surface area (Å²) in [6.45, 7) is 2.54. The Morgan fingerprint density at radius 2 is 1.97 bits per heavy atom. The van der Waals surface area contributed by atoms with Crippen LogP contribution in [0.4, 0.5) is 0 Å². The number of hydrogen-bond acceptors (Lipinski definition) is 6. The first-order valence-corrected chi connectivity index (χ1v) is 10.6. The highest BCUT2D eigenvalue weighted by atomic mass is 16.3. The number of carboxylic acid groups (broad SMARTS) is 1. The maximum absolute atomic E-state index is 13.3. The Hall–Kier alpha value is -4.02. The molecule has 2 N–H and O–H groups in total. The average Bonchev–Trinajstić information content (AvgIpc) is 3.22. The lowest BCUT2D eigenvalue weighted by Gasteiger charge is -2.46.